The normalized spacial score (nSPS) is 11.4. The van der Waals surface area contributed by atoms with Gasteiger partial charge in [-0.25, -0.2) is 0 Å². The first kappa shape index (κ1) is 48.5. The minimum atomic E-state index is -0.738. The van der Waals surface area contributed by atoms with Crippen molar-refractivity contribution in [1.82, 2.24) is 0 Å². The molecule has 0 saturated heterocycles. The van der Waals surface area contributed by atoms with E-state index in [1.54, 1.807) is 6.08 Å². The average Bonchev–Trinajstić information content (AvgIpc) is 3.07. The number of rotatable bonds is 38. The van der Waals surface area contributed by atoms with Crippen LogP contribution in [-0.2, 0) is 9.59 Å². The fourth-order valence-corrected chi connectivity index (χ4v) is 6.17. The molecule has 284 valence electrons. The Hall–Kier alpha value is -1.58. The number of carboxylic acid groups (broad SMARTS) is 2. The van der Waals surface area contributed by atoms with Gasteiger partial charge in [0.05, 0.1) is 6.42 Å². The molecule has 0 aromatic carbocycles. The SMILES string of the molecule is CCCCCCCCC=CCCCCCCCCCCCC(=O)O.CCCCCCCCCCCCCCCCCCC=CCC(=O)O. The fourth-order valence-electron chi connectivity index (χ4n) is 6.17. The van der Waals surface area contributed by atoms with E-state index in [0.717, 1.165) is 19.3 Å². The Morgan fingerprint density at radius 3 is 0.854 bits per heavy atom. The Balaban J connectivity index is 0. The molecule has 2 N–H and O–H groups in total. The lowest BCUT2D eigenvalue weighted by molar-refractivity contribution is -0.137. The van der Waals surface area contributed by atoms with Crippen LogP contribution in [0.5, 0.6) is 0 Å². The molecule has 0 bridgehead atoms. The van der Waals surface area contributed by atoms with Gasteiger partial charge in [0.15, 0.2) is 0 Å². The molecule has 0 spiro atoms. The molecule has 0 radical (unpaired) electrons. The smallest absolute Gasteiger partial charge is 0.307 e. The van der Waals surface area contributed by atoms with Gasteiger partial charge in [-0.05, 0) is 44.9 Å². The third kappa shape index (κ3) is 51.3. The average molecular weight is 677 g/mol. The summed E-state index contributed by atoms with van der Waals surface area (Å²) in [4.78, 5) is 20.7. The third-order valence-corrected chi connectivity index (χ3v) is 9.34. The van der Waals surface area contributed by atoms with Gasteiger partial charge in [-0.3, -0.25) is 9.59 Å². The second-order valence-corrected chi connectivity index (χ2v) is 14.3. The van der Waals surface area contributed by atoms with Crippen LogP contribution in [0.2, 0.25) is 0 Å². The van der Waals surface area contributed by atoms with Crippen LogP contribution in [0.1, 0.15) is 245 Å². The van der Waals surface area contributed by atoms with Crippen LogP contribution in [0, 0.1) is 0 Å². The van der Waals surface area contributed by atoms with Crippen LogP contribution >= 0.6 is 0 Å². The molecule has 0 unspecified atom stereocenters. The van der Waals surface area contributed by atoms with Crippen molar-refractivity contribution in [1.29, 1.82) is 0 Å². The van der Waals surface area contributed by atoms with E-state index in [1.807, 2.05) is 6.08 Å². The van der Waals surface area contributed by atoms with Gasteiger partial charge in [0.1, 0.15) is 0 Å². The van der Waals surface area contributed by atoms with Gasteiger partial charge in [0, 0.05) is 6.42 Å². The highest BCUT2D eigenvalue weighted by Gasteiger charge is 1.97. The zero-order chi connectivity index (χ0) is 35.4. The molecule has 0 rings (SSSR count). The van der Waals surface area contributed by atoms with E-state index in [2.05, 4.69) is 26.0 Å². The molecule has 48 heavy (non-hydrogen) atoms. The van der Waals surface area contributed by atoms with E-state index in [9.17, 15) is 9.59 Å². The Bertz CT molecular complexity index is 683. The van der Waals surface area contributed by atoms with E-state index < -0.39 is 11.9 Å². The van der Waals surface area contributed by atoms with E-state index in [-0.39, 0.29) is 6.42 Å². The van der Waals surface area contributed by atoms with Gasteiger partial charge in [-0.15, -0.1) is 0 Å². The van der Waals surface area contributed by atoms with Crippen molar-refractivity contribution < 1.29 is 19.8 Å². The first-order valence-corrected chi connectivity index (χ1v) is 21.3. The van der Waals surface area contributed by atoms with E-state index in [0.29, 0.717) is 6.42 Å². The number of hydrogen-bond acceptors (Lipinski definition) is 2. The van der Waals surface area contributed by atoms with Crippen LogP contribution in [0.15, 0.2) is 24.3 Å². The van der Waals surface area contributed by atoms with Crippen LogP contribution in [-0.4, -0.2) is 22.2 Å². The molecular weight excluding hydrogens is 592 g/mol. The van der Waals surface area contributed by atoms with Crippen LogP contribution in [0.4, 0.5) is 0 Å². The highest BCUT2D eigenvalue weighted by atomic mass is 16.4. The number of aliphatic carboxylic acids is 2. The molecule has 0 aliphatic rings. The van der Waals surface area contributed by atoms with Crippen LogP contribution in [0.25, 0.3) is 0 Å². The van der Waals surface area contributed by atoms with Crippen molar-refractivity contribution in [3.63, 3.8) is 0 Å². The zero-order valence-electron chi connectivity index (χ0n) is 32.5. The standard InChI is InChI=1S/2C22H42O2/c2*1-2-3-4-5-6-7-8-9-10-11-12-13-14-15-16-17-18-19-20-21-22(23)24/h19-20H,2-18,21H2,1H3,(H,23,24);9-10H,2-8,11-21H2,1H3,(H,23,24). The lowest BCUT2D eigenvalue weighted by Crippen LogP contribution is -1.93. The van der Waals surface area contributed by atoms with Crippen molar-refractivity contribution in [3.05, 3.63) is 24.3 Å². The van der Waals surface area contributed by atoms with Gasteiger partial charge in [-0.1, -0.05) is 212 Å². The predicted octanol–water partition coefficient (Wildman–Crippen LogP) is 15.3. The molecule has 0 aliphatic heterocycles. The summed E-state index contributed by atoms with van der Waals surface area (Å²) in [6.45, 7) is 4.55. The first-order chi connectivity index (χ1) is 23.5. The molecule has 0 atom stereocenters. The van der Waals surface area contributed by atoms with Gasteiger partial charge in [-0.2, -0.15) is 0 Å². The Morgan fingerprint density at radius 2 is 0.583 bits per heavy atom. The van der Waals surface area contributed by atoms with Crippen molar-refractivity contribution in [2.75, 3.05) is 0 Å². The number of carboxylic acids is 2. The maximum atomic E-state index is 10.4. The molecule has 0 fully saturated rings. The molecular formula is C44H84O4. The van der Waals surface area contributed by atoms with Crippen molar-refractivity contribution >= 4 is 11.9 Å². The van der Waals surface area contributed by atoms with E-state index in [1.165, 1.54) is 199 Å². The quantitative estimate of drug-likeness (QED) is 0.0504. The van der Waals surface area contributed by atoms with Gasteiger partial charge in [0.25, 0.3) is 0 Å². The van der Waals surface area contributed by atoms with Crippen molar-refractivity contribution in [2.45, 2.75) is 245 Å². The number of allylic oxidation sites excluding steroid dienone is 3. The Labute approximate surface area is 300 Å². The number of hydrogen-bond donors (Lipinski definition) is 2. The van der Waals surface area contributed by atoms with E-state index >= 15 is 0 Å². The van der Waals surface area contributed by atoms with Crippen molar-refractivity contribution in [3.8, 4) is 0 Å². The molecule has 0 aromatic heterocycles. The Kier molecular flexibility index (Phi) is 45.9. The summed E-state index contributed by atoms with van der Waals surface area (Å²) in [5.41, 5.74) is 0. The highest BCUT2D eigenvalue weighted by Crippen LogP contribution is 2.15. The van der Waals surface area contributed by atoms with Gasteiger partial charge >= 0.3 is 11.9 Å². The summed E-state index contributed by atoms with van der Waals surface area (Å²) < 4.78 is 0. The highest BCUT2D eigenvalue weighted by molar-refractivity contribution is 5.68. The Morgan fingerprint density at radius 1 is 0.333 bits per heavy atom. The molecule has 0 aliphatic carbocycles. The van der Waals surface area contributed by atoms with Gasteiger partial charge in [0.2, 0.25) is 0 Å². The van der Waals surface area contributed by atoms with Crippen LogP contribution in [0.3, 0.4) is 0 Å². The number of unbranched alkanes of at least 4 members (excludes halogenated alkanes) is 31. The summed E-state index contributed by atoms with van der Waals surface area (Å²) in [7, 11) is 0. The van der Waals surface area contributed by atoms with E-state index in [4.69, 9.17) is 10.2 Å². The minimum absolute atomic E-state index is 0.166. The zero-order valence-corrected chi connectivity index (χ0v) is 32.5. The third-order valence-electron chi connectivity index (χ3n) is 9.34. The topological polar surface area (TPSA) is 74.6 Å². The maximum Gasteiger partial charge on any atom is 0.307 e. The molecule has 0 amide bonds. The lowest BCUT2D eigenvalue weighted by atomic mass is 10.0. The first-order valence-electron chi connectivity index (χ1n) is 21.3. The second-order valence-electron chi connectivity index (χ2n) is 14.3. The molecule has 4 heteroatoms. The lowest BCUT2D eigenvalue weighted by Gasteiger charge is -2.03. The number of carbonyl (C=O) groups is 2. The molecule has 0 aromatic rings. The largest absolute Gasteiger partial charge is 0.481 e. The molecule has 0 heterocycles. The summed E-state index contributed by atoms with van der Waals surface area (Å²) >= 11 is 0. The maximum absolute atomic E-state index is 10.4. The summed E-state index contributed by atoms with van der Waals surface area (Å²) in [6, 6.07) is 0. The summed E-state index contributed by atoms with van der Waals surface area (Å²) in [6.07, 6.45) is 54.4. The molecule has 0 saturated carbocycles. The summed E-state index contributed by atoms with van der Waals surface area (Å²) in [5.74, 6) is -1.39. The van der Waals surface area contributed by atoms with Gasteiger partial charge < -0.3 is 10.2 Å². The summed E-state index contributed by atoms with van der Waals surface area (Å²) in [5, 5.41) is 17.1. The fraction of sp³-hybridized carbons (Fsp3) is 0.864. The minimum Gasteiger partial charge on any atom is -0.481 e. The predicted molar refractivity (Wildman–Crippen MR) is 211 cm³/mol. The molecule has 4 nitrogen and oxygen atoms in total. The second kappa shape index (κ2) is 45.4. The monoisotopic (exact) mass is 677 g/mol. The van der Waals surface area contributed by atoms with Crippen molar-refractivity contribution in [2.24, 2.45) is 0 Å². The van der Waals surface area contributed by atoms with Crippen LogP contribution < -0.4 is 0 Å².